The Kier molecular flexibility index (Phi) is 5.79. The maximum atomic E-state index is 13.1. The molecule has 1 atom stereocenters. The number of carbonyl (C=O) groups is 4. The number of ketones is 2. The van der Waals surface area contributed by atoms with E-state index in [-0.39, 0.29) is 33.9 Å². The molecule has 0 N–H and O–H groups in total. The zero-order chi connectivity index (χ0) is 23.8. The van der Waals surface area contributed by atoms with Gasteiger partial charge in [0, 0.05) is 38.9 Å². The molecule has 0 bridgehead atoms. The molecule has 0 saturated heterocycles. The molecule has 0 radical (unpaired) electrons. The number of anilines is 1. The molecule has 3 aromatic rings. The van der Waals surface area contributed by atoms with E-state index in [9.17, 15) is 19.2 Å². The Balaban J connectivity index is 1.38. The summed E-state index contributed by atoms with van der Waals surface area (Å²) in [5, 5.41) is 0.351. The van der Waals surface area contributed by atoms with E-state index < -0.39 is 18.4 Å². The van der Waals surface area contributed by atoms with Crippen LogP contribution in [-0.2, 0) is 9.53 Å². The van der Waals surface area contributed by atoms with E-state index in [4.69, 9.17) is 4.74 Å². The number of nitrogens with zero attached hydrogens (tertiary/aromatic N) is 1. The van der Waals surface area contributed by atoms with Crippen LogP contribution in [-0.4, -0.2) is 41.8 Å². The molecular weight excluding hydrogens is 450 g/mol. The second-order valence-electron chi connectivity index (χ2n) is 8.24. The van der Waals surface area contributed by atoms with Crippen molar-refractivity contribution in [1.29, 1.82) is 0 Å². The molecule has 1 aliphatic carbocycles. The van der Waals surface area contributed by atoms with E-state index in [0.29, 0.717) is 17.4 Å². The lowest BCUT2D eigenvalue weighted by atomic mass is 9.82. The third kappa shape index (κ3) is 3.82. The average Bonchev–Trinajstić information content (AvgIpc) is 3.03. The number of thioether (sulfide) groups is 1. The Bertz CT molecular complexity index is 1350. The van der Waals surface area contributed by atoms with Crippen molar-refractivity contribution in [3.05, 3.63) is 94.5 Å². The summed E-state index contributed by atoms with van der Waals surface area (Å²) in [5.41, 5.74) is 1.54. The Hall–Kier alpha value is -3.71. The Labute approximate surface area is 200 Å². The molecule has 5 rings (SSSR count). The smallest absolute Gasteiger partial charge is 0.339 e. The Morgan fingerprint density at radius 2 is 1.59 bits per heavy atom. The average molecular weight is 472 g/mol. The number of fused-ring (bicyclic) bond motifs is 3. The Morgan fingerprint density at radius 3 is 2.38 bits per heavy atom. The fraction of sp³-hybridized carbons (Fsp3) is 0.185. The van der Waals surface area contributed by atoms with Crippen LogP contribution in [0.2, 0.25) is 0 Å². The normalized spacial score (nSPS) is 16.7. The van der Waals surface area contributed by atoms with Crippen LogP contribution in [0, 0.1) is 0 Å². The summed E-state index contributed by atoms with van der Waals surface area (Å²) in [4.78, 5) is 54.7. The van der Waals surface area contributed by atoms with Gasteiger partial charge in [-0.2, -0.15) is 0 Å². The van der Waals surface area contributed by atoms with Crippen LogP contribution in [0.25, 0.3) is 0 Å². The quantitative estimate of drug-likeness (QED) is 0.408. The Morgan fingerprint density at radius 1 is 0.912 bits per heavy atom. The first-order valence-corrected chi connectivity index (χ1v) is 11.9. The van der Waals surface area contributed by atoms with Crippen molar-refractivity contribution >= 4 is 40.9 Å². The van der Waals surface area contributed by atoms with Gasteiger partial charge in [-0.25, -0.2) is 4.79 Å². The number of hydrogen-bond donors (Lipinski definition) is 0. The van der Waals surface area contributed by atoms with E-state index >= 15 is 0 Å². The van der Waals surface area contributed by atoms with Crippen LogP contribution < -0.4 is 4.90 Å². The molecule has 0 fully saturated rings. The summed E-state index contributed by atoms with van der Waals surface area (Å²) < 4.78 is 5.36. The third-order valence-electron chi connectivity index (χ3n) is 6.04. The summed E-state index contributed by atoms with van der Waals surface area (Å²) in [6, 6.07) is 18.7. The van der Waals surface area contributed by atoms with Crippen molar-refractivity contribution in [3.63, 3.8) is 0 Å². The number of esters is 1. The van der Waals surface area contributed by atoms with Crippen molar-refractivity contribution in [3.8, 4) is 0 Å². The van der Waals surface area contributed by atoms with Gasteiger partial charge in [0.05, 0.1) is 11.3 Å². The highest BCUT2D eigenvalue weighted by atomic mass is 32.2. The highest BCUT2D eigenvalue weighted by Crippen LogP contribution is 2.37. The minimum absolute atomic E-state index is 0.0152. The standard InChI is InChI=1S/C27H21NO5S/c1-16-13-14-28(21-11-4-5-12-22(21)34-16)23(29)15-33-27(32)20-10-6-9-19-24(20)26(31)18-8-3-2-7-17(18)25(19)30/h2-12,16H,13-15H2,1H3. The van der Waals surface area contributed by atoms with Crippen LogP contribution in [0.3, 0.4) is 0 Å². The fourth-order valence-electron chi connectivity index (χ4n) is 4.34. The molecular formula is C27H21NO5S. The highest BCUT2D eigenvalue weighted by Gasteiger charge is 2.33. The van der Waals surface area contributed by atoms with Gasteiger partial charge in [0.2, 0.25) is 0 Å². The molecule has 0 spiro atoms. The first kappa shape index (κ1) is 22.1. The second kappa shape index (κ2) is 8.91. The first-order chi connectivity index (χ1) is 16.5. The van der Waals surface area contributed by atoms with Crippen molar-refractivity contribution < 1.29 is 23.9 Å². The number of carbonyl (C=O) groups excluding carboxylic acids is 4. The number of benzene rings is 3. The van der Waals surface area contributed by atoms with E-state index in [1.807, 2.05) is 24.3 Å². The van der Waals surface area contributed by atoms with Gasteiger partial charge < -0.3 is 9.64 Å². The van der Waals surface area contributed by atoms with Gasteiger partial charge in [0.1, 0.15) is 0 Å². The van der Waals surface area contributed by atoms with Crippen molar-refractivity contribution in [2.75, 3.05) is 18.1 Å². The maximum absolute atomic E-state index is 13.1. The van der Waals surface area contributed by atoms with Crippen LogP contribution >= 0.6 is 11.8 Å². The molecule has 7 heteroatoms. The van der Waals surface area contributed by atoms with E-state index in [1.165, 1.54) is 12.1 Å². The van der Waals surface area contributed by atoms with Gasteiger partial charge in [0.15, 0.2) is 18.2 Å². The van der Waals surface area contributed by atoms with Gasteiger partial charge >= 0.3 is 5.97 Å². The largest absolute Gasteiger partial charge is 0.452 e. The molecule has 170 valence electrons. The van der Waals surface area contributed by atoms with Crippen molar-refractivity contribution in [2.45, 2.75) is 23.5 Å². The monoisotopic (exact) mass is 471 g/mol. The fourth-order valence-corrected chi connectivity index (χ4v) is 5.46. The predicted octanol–water partition coefficient (Wildman–Crippen LogP) is 4.54. The minimum Gasteiger partial charge on any atom is -0.452 e. The number of amides is 1. The highest BCUT2D eigenvalue weighted by molar-refractivity contribution is 8.00. The molecule has 1 aliphatic heterocycles. The SMILES string of the molecule is CC1CCN(C(=O)COC(=O)c2cccc3c2C(=O)c2ccccc2C3=O)c2ccccc2S1. The summed E-state index contributed by atoms with van der Waals surface area (Å²) in [7, 11) is 0. The van der Waals surface area contributed by atoms with Crippen LogP contribution in [0.15, 0.2) is 71.6 Å². The zero-order valence-corrected chi connectivity index (χ0v) is 19.3. The summed E-state index contributed by atoms with van der Waals surface area (Å²) in [5.74, 6) is -1.87. The number of ether oxygens (including phenoxy) is 1. The lowest BCUT2D eigenvalue weighted by molar-refractivity contribution is -0.121. The van der Waals surface area contributed by atoms with Crippen molar-refractivity contribution in [1.82, 2.24) is 0 Å². The lowest BCUT2D eigenvalue weighted by Crippen LogP contribution is -2.36. The lowest BCUT2D eigenvalue weighted by Gasteiger charge is -2.23. The van der Waals surface area contributed by atoms with Gasteiger partial charge in [-0.05, 0) is 24.6 Å². The maximum Gasteiger partial charge on any atom is 0.339 e. The van der Waals surface area contributed by atoms with Crippen molar-refractivity contribution in [2.24, 2.45) is 0 Å². The van der Waals surface area contributed by atoms with Crippen LogP contribution in [0.5, 0.6) is 0 Å². The molecule has 2 aliphatic rings. The summed E-state index contributed by atoms with van der Waals surface area (Å²) in [6.07, 6.45) is 0.807. The second-order valence-corrected chi connectivity index (χ2v) is 9.72. The van der Waals surface area contributed by atoms with Gasteiger partial charge in [-0.3, -0.25) is 14.4 Å². The predicted molar refractivity (Wildman–Crippen MR) is 129 cm³/mol. The molecule has 34 heavy (non-hydrogen) atoms. The molecule has 0 saturated carbocycles. The number of hydrogen-bond acceptors (Lipinski definition) is 6. The third-order valence-corrected chi connectivity index (χ3v) is 7.28. The zero-order valence-electron chi connectivity index (χ0n) is 18.4. The van der Waals surface area contributed by atoms with E-state index in [0.717, 1.165) is 17.0 Å². The van der Waals surface area contributed by atoms with E-state index in [1.54, 1.807) is 47.0 Å². The molecule has 0 aromatic heterocycles. The van der Waals surface area contributed by atoms with Crippen LogP contribution in [0.4, 0.5) is 5.69 Å². The number of para-hydroxylation sites is 1. The molecule has 1 heterocycles. The molecule has 1 amide bonds. The molecule has 1 unspecified atom stereocenters. The van der Waals surface area contributed by atoms with Gasteiger partial charge in [-0.1, -0.05) is 55.5 Å². The van der Waals surface area contributed by atoms with Crippen LogP contribution in [0.1, 0.15) is 55.5 Å². The summed E-state index contributed by atoms with van der Waals surface area (Å²) in [6.45, 7) is 2.17. The number of rotatable bonds is 3. The molecule has 3 aromatic carbocycles. The topological polar surface area (TPSA) is 80.8 Å². The molecule has 6 nitrogen and oxygen atoms in total. The minimum atomic E-state index is -0.809. The summed E-state index contributed by atoms with van der Waals surface area (Å²) >= 11 is 1.71. The van der Waals surface area contributed by atoms with E-state index in [2.05, 4.69) is 6.92 Å². The van der Waals surface area contributed by atoms with Gasteiger partial charge in [-0.15, -0.1) is 11.8 Å². The first-order valence-electron chi connectivity index (χ1n) is 11.0. The van der Waals surface area contributed by atoms with Gasteiger partial charge in [0.25, 0.3) is 5.91 Å².